The molecule has 0 aliphatic heterocycles. The monoisotopic (exact) mass is 270 g/mol. The summed E-state index contributed by atoms with van der Waals surface area (Å²) in [6.45, 7) is 0.998. The van der Waals surface area contributed by atoms with E-state index < -0.39 is 0 Å². The molecule has 2 heterocycles. The summed E-state index contributed by atoms with van der Waals surface area (Å²) >= 11 is 2.00. The van der Waals surface area contributed by atoms with Crippen LogP contribution in [0.5, 0.6) is 0 Å². The molecule has 0 aromatic carbocycles. The van der Waals surface area contributed by atoms with Crippen molar-refractivity contribution in [2.45, 2.75) is 44.7 Å². The number of aryl methyl sites for hydroxylation is 3. The van der Waals surface area contributed by atoms with Gasteiger partial charge in [-0.3, -0.25) is 4.98 Å². The third-order valence-electron chi connectivity index (χ3n) is 4.28. The topological polar surface area (TPSA) is 24.9 Å². The average Bonchev–Trinajstić information content (AvgIpc) is 3.10. The fourth-order valence-electron chi connectivity index (χ4n) is 3.31. The number of rotatable bonds is 3. The second-order valence-corrected chi connectivity index (χ2v) is 6.76. The average molecular weight is 270 g/mol. The first kappa shape index (κ1) is 11.6. The number of hydrogen-bond acceptors (Lipinski definition) is 3. The van der Waals surface area contributed by atoms with Crippen molar-refractivity contribution in [2.24, 2.45) is 0 Å². The van der Waals surface area contributed by atoms with Gasteiger partial charge in [-0.2, -0.15) is 0 Å². The molecule has 0 spiro atoms. The van der Waals surface area contributed by atoms with E-state index in [0.29, 0.717) is 6.04 Å². The lowest BCUT2D eigenvalue weighted by Crippen LogP contribution is -2.18. The van der Waals surface area contributed by atoms with Crippen LogP contribution in [0.2, 0.25) is 0 Å². The normalized spacial score (nSPS) is 20.5. The Kier molecular flexibility index (Phi) is 2.89. The van der Waals surface area contributed by atoms with Crippen LogP contribution < -0.4 is 5.32 Å². The van der Waals surface area contributed by atoms with Gasteiger partial charge in [0.15, 0.2) is 0 Å². The Balaban J connectivity index is 1.45. The zero-order chi connectivity index (χ0) is 12.7. The van der Waals surface area contributed by atoms with Crippen LogP contribution >= 0.6 is 11.3 Å². The van der Waals surface area contributed by atoms with Crippen molar-refractivity contribution in [3.8, 4) is 0 Å². The predicted octanol–water partition coefficient (Wildman–Crippen LogP) is 3.41. The van der Waals surface area contributed by atoms with Crippen molar-refractivity contribution >= 4 is 11.3 Å². The molecule has 0 saturated carbocycles. The molecule has 98 valence electrons. The molecule has 1 atom stereocenters. The van der Waals surface area contributed by atoms with Gasteiger partial charge >= 0.3 is 0 Å². The van der Waals surface area contributed by atoms with Crippen LogP contribution in [0.4, 0.5) is 0 Å². The van der Waals surface area contributed by atoms with Gasteiger partial charge in [0.2, 0.25) is 0 Å². The smallest absolute Gasteiger partial charge is 0.0605 e. The highest BCUT2D eigenvalue weighted by molar-refractivity contribution is 7.12. The minimum atomic E-state index is 0.452. The fraction of sp³-hybridized carbons (Fsp3) is 0.438. The zero-order valence-electron chi connectivity index (χ0n) is 11.0. The van der Waals surface area contributed by atoms with Crippen LogP contribution in [0.15, 0.2) is 24.4 Å². The molecule has 1 unspecified atom stereocenters. The summed E-state index contributed by atoms with van der Waals surface area (Å²) < 4.78 is 0. The fourth-order valence-corrected chi connectivity index (χ4v) is 4.52. The van der Waals surface area contributed by atoms with Crippen LogP contribution in [0.3, 0.4) is 0 Å². The van der Waals surface area contributed by atoms with E-state index >= 15 is 0 Å². The van der Waals surface area contributed by atoms with Gasteiger partial charge in [0, 0.05) is 22.5 Å². The largest absolute Gasteiger partial charge is 0.304 e. The Labute approximate surface area is 117 Å². The van der Waals surface area contributed by atoms with E-state index in [0.717, 1.165) is 6.54 Å². The highest BCUT2D eigenvalue weighted by atomic mass is 32.1. The van der Waals surface area contributed by atoms with Crippen molar-refractivity contribution in [1.82, 2.24) is 10.3 Å². The first-order chi connectivity index (χ1) is 9.40. The first-order valence-electron chi connectivity index (χ1n) is 7.18. The van der Waals surface area contributed by atoms with E-state index in [2.05, 4.69) is 22.4 Å². The van der Waals surface area contributed by atoms with Crippen LogP contribution in [0, 0.1) is 0 Å². The molecular weight excluding hydrogens is 252 g/mol. The molecule has 2 aromatic rings. The highest BCUT2D eigenvalue weighted by Gasteiger charge is 2.23. The second kappa shape index (κ2) is 4.73. The molecule has 2 aliphatic rings. The predicted molar refractivity (Wildman–Crippen MR) is 78.5 cm³/mol. The first-order valence-corrected chi connectivity index (χ1v) is 7.99. The molecule has 3 heteroatoms. The lowest BCUT2D eigenvalue weighted by atomic mass is 10.2. The van der Waals surface area contributed by atoms with Crippen molar-refractivity contribution < 1.29 is 0 Å². The maximum Gasteiger partial charge on any atom is 0.0605 e. The van der Waals surface area contributed by atoms with E-state index in [-0.39, 0.29) is 0 Å². The van der Waals surface area contributed by atoms with Gasteiger partial charge < -0.3 is 5.32 Å². The molecule has 2 aliphatic carbocycles. The van der Waals surface area contributed by atoms with E-state index in [1.165, 1.54) is 48.2 Å². The maximum atomic E-state index is 4.54. The Morgan fingerprint density at radius 3 is 3.21 bits per heavy atom. The molecule has 1 N–H and O–H groups in total. The lowest BCUT2D eigenvalue weighted by molar-refractivity contribution is 0.524. The third-order valence-corrected chi connectivity index (χ3v) is 5.52. The number of hydrogen-bond donors (Lipinski definition) is 1. The van der Waals surface area contributed by atoms with E-state index in [1.54, 1.807) is 10.4 Å². The molecule has 0 fully saturated rings. The Morgan fingerprint density at radius 2 is 2.26 bits per heavy atom. The quantitative estimate of drug-likeness (QED) is 0.924. The summed E-state index contributed by atoms with van der Waals surface area (Å²) in [6, 6.07) is 7.12. The van der Waals surface area contributed by atoms with Crippen LogP contribution in [0.25, 0.3) is 0 Å². The standard InChI is InChI=1S/C16H18N2S/c1-3-12-9-13(19-15(12)5-1)10-18-14-7-6-11-4-2-8-17-16(11)14/h2,4,8-9,14,18H,1,3,5-7,10H2. The van der Waals surface area contributed by atoms with Crippen molar-refractivity contribution in [3.63, 3.8) is 0 Å². The summed E-state index contributed by atoms with van der Waals surface area (Å²) in [7, 11) is 0. The van der Waals surface area contributed by atoms with Gasteiger partial charge in [-0.15, -0.1) is 11.3 Å². The van der Waals surface area contributed by atoms with Gasteiger partial charge in [0.05, 0.1) is 11.7 Å². The molecular formula is C16H18N2S. The van der Waals surface area contributed by atoms with Gasteiger partial charge in [-0.25, -0.2) is 0 Å². The summed E-state index contributed by atoms with van der Waals surface area (Å²) in [6.07, 6.45) is 8.22. The van der Waals surface area contributed by atoms with Gasteiger partial charge in [-0.1, -0.05) is 6.07 Å². The Morgan fingerprint density at radius 1 is 1.26 bits per heavy atom. The van der Waals surface area contributed by atoms with Crippen molar-refractivity contribution in [2.75, 3.05) is 0 Å². The molecule has 19 heavy (non-hydrogen) atoms. The SMILES string of the molecule is c1cnc2c(c1)CCC2NCc1cc2c(s1)CCC2. The number of pyridine rings is 1. The number of nitrogens with one attached hydrogen (secondary N) is 1. The van der Waals surface area contributed by atoms with Crippen LogP contribution in [0.1, 0.15) is 45.5 Å². The van der Waals surface area contributed by atoms with Gasteiger partial charge in [0.25, 0.3) is 0 Å². The van der Waals surface area contributed by atoms with Crippen molar-refractivity contribution in [1.29, 1.82) is 0 Å². The molecule has 2 nitrogen and oxygen atoms in total. The number of fused-ring (bicyclic) bond motifs is 2. The minimum absolute atomic E-state index is 0.452. The summed E-state index contributed by atoms with van der Waals surface area (Å²) in [4.78, 5) is 7.67. The summed E-state index contributed by atoms with van der Waals surface area (Å²) in [5.74, 6) is 0. The van der Waals surface area contributed by atoms with E-state index in [4.69, 9.17) is 0 Å². The van der Waals surface area contributed by atoms with Crippen LogP contribution in [-0.2, 0) is 25.8 Å². The molecule has 2 aromatic heterocycles. The molecule has 0 saturated heterocycles. The lowest BCUT2D eigenvalue weighted by Gasteiger charge is -2.12. The zero-order valence-corrected chi connectivity index (χ0v) is 11.8. The Hall–Kier alpha value is -1.19. The van der Waals surface area contributed by atoms with E-state index in [1.807, 2.05) is 23.6 Å². The molecule has 4 rings (SSSR count). The van der Waals surface area contributed by atoms with Gasteiger partial charge in [0.1, 0.15) is 0 Å². The molecule has 0 amide bonds. The maximum absolute atomic E-state index is 4.54. The second-order valence-electron chi connectivity index (χ2n) is 5.53. The number of thiophene rings is 1. The number of aromatic nitrogens is 1. The minimum Gasteiger partial charge on any atom is -0.304 e. The number of nitrogens with zero attached hydrogens (tertiary/aromatic N) is 1. The third kappa shape index (κ3) is 2.11. The van der Waals surface area contributed by atoms with Crippen LogP contribution in [-0.4, -0.2) is 4.98 Å². The summed E-state index contributed by atoms with van der Waals surface area (Å²) in [5.41, 5.74) is 4.30. The summed E-state index contributed by atoms with van der Waals surface area (Å²) in [5, 5.41) is 3.69. The Bertz CT molecular complexity index is 581. The van der Waals surface area contributed by atoms with Gasteiger partial charge in [-0.05, 0) is 55.4 Å². The molecule has 0 bridgehead atoms. The highest BCUT2D eigenvalue weighted by Crippen LogP contribution is 2.32. The van der Waals surface area contributed by atoms with Crippen molar-refractivity contribution in [3.05, 3.63) is 51.0 Å². The van der Waals surface area contributed by atoms with E-state index in [9.17, 15) is 0 Å². The molecule has 0 radical (unpaired) electrons.